The van der Waals surface area contributed by atoms with Crippen LogP contribution in [0.4, 0.5) is 4.39 Å². The largest absolute Gasteiger partial charge is 0.383 e. The number of hydrogen-bond acceptors (Lipinski definition) is 5. The van der Waals surface area contributed by atoms with E-state index in [0.717, 1.165) is 30.5 Å². The molecule has 0 radical (unpaired) electrons. The molecule has 1 saturated heterocycles. The first-order valence-corrected chi connectivity index (χ1v) is 11.0. The predicted octanol–water partition coefficient (Wildman–Crippen LogP) is 3.78. The van der Waals surface area contributed by atoms with Gasteiger partial charge in [-0.3, -0.25) is 14.4 Å². The highest BCUT2D eigenvalue weighted by Gasteiger charge is 2.40. The van der Waals surface area contributed by atoms with Crippen LogP contribution in [0.2, 0.25) is 0 Å². The molecule has 2 heterocycles. The van der Waals surface area contributed by atoms with Gasteiger partial charge in [-0.2, -0.15) is 17.7 Å². The Labute approximate surface area is 182 Å². The predicted molar refractivity (Wildman–Crippen MR) is 118 cm³/mol. The van der Waals surface area contributed by atoms with E-state index in [0.29, 0.717) is 31.8 Å². The SMILES string of the molecule is COCCn1ccc(/C=C2\CN(C(C(=O)C3CC3)c3ccccc3F)CCC2S)n1. The molecular weight excluding hydrogens is 401 g/mol. The maximum Gasteiger partial charge on any atom is 0.157 e. The van der Waals surface area contributed by atoms with Crippen molar-refractivity contribution in [2.75, 3.05) is 26.8 Å². The zero-order valence-electron chi connectivity index (χ0n) is 17.2. The third-order valence-corrected chi connectivity index (χ3v) is 6.43. The van der Waals surface area contributed by atoms with Crippen molar-refractivity contribution >= 4 is 24.5 Å². The average molecular weight is 430 g/mol. The van der Waals surface area contributed by atoms with Gasteiger partial charge in [-0.25, -0.2) is 4.39 Å². The molecule has 1 aromatic heterocycles. The smallest absolute Gasteiger partial charge is 0.157 e. The van der Waals surface area contributed by atoms with E-state index in [1.54, 1.807) is 25.3 Å². The number of likely N-dealkylation sites (tertiary alicyclic amines) is 1. The minimum atomic E-state index is -0.540. The van der Waals surface area contributed by atoms with Gasteiger partial charge in [0.05, 0.1) is 24.9 Å². The van der Waals surface area contributed by atoms with E-state index in [2.05, 4.69) is 10.00 Å². The quantitative estimate of drug-likeness (QED) is 0.649. The second-order valence-corrected chi connectivity index (χ2v) is 8.71. The van der Waals surface area contributed by atoms with Crippen LogP contribution in [0.25, 0.3) is 6.08 Å². The zero-order chi connectivity index (χ0) is 21.1. The fourth-order valence-corrected chi connectivity index (χ4v) is 4.30. The Morgan fingerprint density at radius 1 is 1.33 bits per heavy atom. The van der Waals surface area contributed by atoms with Crippen LogP contribution in [0.3, 0.4) is 0 Å². The van der Waals surface area contributed by atoms with Crippen molar-refractivity contribution in [2.24, 2.45) is 5.92 Å². The van der Waals surface area contributed by atoms with Crippen LogP contribution in [0.5, 0.6) is 0 Å². The van der Waals surface area contributed by atoms with Crippen LogP contribution in [0.15, 0.2) is 42.1 Å². The van der Waals surface area contributed by atoms with Crippen molar-refractivity contribution in [3.63, 3.8) is 0 Å². The highest BCUT2D eigenvalue weighted by molar-refractivity contribution is 7.81. The lowest BCUT2D eigenvalue weighted by Gasteiger charge is -2.37. The Hall–Kier alpha value is -1.96. The highest BCUT2D eigenvalue weighted by Crippen LogP contribution is 2.39. The van der Waals surface area contributed by atoms with Gasteiger partial charge in [0.15, 0.2) is 5.78 Å². The van der Waals surface area contributed by atoms with Crippen LogP contribution in [-0.4, -0.2) is 52.5 Å². The molecule has 0 spiro atoms. The summed E-state index contributed by atoms with van der Waals surface area (Å²) in [7, 11) is 1.67. The summed E-state index contributed by atoms with van der Waals surface area (Å²) in [6.45, 7) is 2.59. The lowest BCUT2D eigenvalue weighted by atomic mass is 9.93. The first-order valence-electron chi connectivity index (χ1n) is 10.5. The molecule has 1 saturated carbocycles. The lowest BCUT2D eigenvalue weighted by Crippen LogP contribution is -2.42. The van der Waals surface area contributed by atoms with E-state index in [1.807, 2.05) is 23.0 Å². The number of carbonyl (C=O) groups is 1. The van der Waals surface area contributed by atoms with E-state index < -0.39 is 6.04 Å². The fourth-order valence-electron chi connectivity index (χ4n) is 4.03. The molecule has 160 valence electrons. The monoisotopic (exact) mass is 429 g/mol. The highest BCUT2D eigenvalue weighted by atomic mass is 32.1. The summed E-state index contributed by atoms with van der Waals surface area (Å²) < 4.78 is 21.6. The Kier molecular flexibility index (Phi) is 6.71. The average Bonchev–Trinajstić information content (AvgIpc) is 3.50. The molecule has 1 aliphatic carbocycles. The van der Waals surface area contributed by atoms with Crippen LogP contribution >= 0.6 is 12.6 Å². The number of benzene rings is 1. The molecule has 2 unspecified atom stereocenters. The number of carbonyl (C=O) groups excluding carboxylic acids is 1. The first kappa shape index (κ1) is 21.3. The van der Waals surface area contributed by atoms with Gasteiger partial charge in [-0.05, 0) is 43.0 Å². The third-order valence-electron chi connectivity index (χ3n) is 5.84. The molecule has 1 aromatic carbocycles. The fraction of sp³-hybridized carbons (Fsp3) is 0.478. The number of rotatable bonds is 8. The molecule has 0 amide bonds. The van der Waals surface area contributed by atoms with Crippen molar-refractivity contribution in [3.8, 4) is 0 Å². The number of thiol groups is 1. The molecule has 4 rings (SSSR count). The Morgan fingerprint density at radius 3 is 2.87 bits per heavy atom. The van der Waals surface area contributed by atoms with Gasteiger partial charge < -0.3 is 4.74 Å². The normalized spacial score (nSPS) is 22.4. The molecule has 0 N–H and O–H groups in total. The molecule has 1 aliphatic heterocycles. The summed E-state index contributed by atoms with van der Waals surface area (Å²) >= 11 is 4.76. The molecule has 2 aliphatic rings. The maximum absolute atomic E-state index is 14.6. The van der Waals surface area contributed by atoms with E-state index in [9.17, 15) is 9.18 Å². The van der Waals surface area contributed by atoms with Crippen LogP contribution < -0.4 is 0 Å². The lowest BCUT2D eigenvalue weighted by molar-refractivity contribution is -0.126. The Bertz CT molecular complexity index is 925. The number of methoxy groups -OCH3 is 1. The topological polar surface area (TPSA) is 47.4 Å². The summed E-state index contributed by atoms with van der Waals surface area (Å²) in [5, 5.41) is 4.67. The number of hydrogen-bond donors (Lipinski definition) is 1. The molecule has 2 fully saturated rings. The number of piperidine rings is 1. The second-order valence-electron chi connectivity index (χ2n) is 8.09. The summed E-state index contributed by atoms with van der Waals surface area (Å²) in [4.78, 5) is 15.2. The van der Waals surface area contributed by atoms with Crippen molar-refractivity contribution in [1.29, 1.82) is 0 Å². The van der Waals surface area contributed by atoms with E-state index in [4.69, 9.17) is 17.4 Å². The van der Waals surface area contributed by atoms with Crippen molar-refractivity contribution < 1.29 is 13.9 Å². The van der Waals surface area contributed by atoms with Crippen molar-refractivity contribution in [3.05, 3.63) is 59.2 Å². The van der Waals surface area contributed by atoms with Gasteiger partial charge in [-0.15, -0.1) is 0 Å². The van der Waals surface area contributed by atoms with E-state index in [-0.39, 0.29) is 22.8 Å². The van der Waals surface area contributed by atoms with Crippen LogP contribution in [0, 0.1) is 11.7 Å². The maximum atomic E-state index is 14.6. The summed E-state index contributed by atoms with van der Waals surface area (Å²) in [6, 6.07) is 8.09. The standard InChI is InChI=1S/C23H28FN3O2S/c1-29-13-12-27-11-8-18(25-27)14-17-15-26(10-9-21(17)30)22(23(28)16-6-7-16)19-4-2-3-5-20(19)24/h2-5,8,11,14,16,21-22,30H,6-7,9-10,12-13,15H2,1H3/b17-14+. The molecule has 2 aromatic rings. The van der Waals surface area contributed by atoms with Gasteiger partial charge in [-0.1, -0.05) is 18.2 Å². The number of Topliss-reactive ketones (excluding diaryl/α,β-unsaturated/α-hetero) is 1. The molecule has 30 heavy (non-hydrogen) atoms. The molecular formula is C23H28FN3O2S. The molecule has 2 atom stereocenters. The summed E-state index contributed by atoms with van der Waals surface area (Å²) in [5.41, 5.74) is 2.44. The number of halogens is 1. The van der Waals surface area contributed by atoms with E-state index >= 15 is 0 Å². The number of nitrogens with zero attached hydrogens (tertiary/aromatic N) is 3. The number of ether oxygens (including phenoxy) is 1. The zero-order valence-corrected chi connectivity index (χ0v) is 18.1. The number of ketones is 1. The first-order chi connectivity index (χ1) is 14.6. The molecule has 0 bridgehead atoms. The van der Waals surface area contributed by atoms with Gasteiger partial charge >= 0.3 is 0 Å². The number of aromatic nitrogens is 2. The summed E-state index contributed by atoms with van der Waals surface area (Å²) in [6.07, 6.45) is 6.61. The van der Waals surface area contributed by atoms with E-state index in [1.165, 1.54) is 6.07 Å². The van der Waals surface area contributed by atoms with Gasteiger partial charge in [0.25, 0.3) is 0 Å². The minimum absolute atomic E-state index is 0.0623. The van der Waals surface area contributed by atoms with Gasteiger partial charge in [0.1, 0.15) is 5.82 Å². The van der Waals surface area contributed by atoms with Gasteiger partial charge in [0.2, 0.25) is 0 Å². The Morgan fingerprint density at radius 2 is 2.13 bits per heavy atom. The van der Waals surface area contributed by atoms with Crippen LogP contribution in [0.1, 0.15) is 36.6 Å². The van der Waals surface area contributed by atoms with Gasteiger partial charge in [0, 0.05) is 43.1 Å². The Balaban J connectivity index is 1.58. The molecule has 7 heteroatoms. The minimum Gasteiger partial charge on any atom is -0.383 e. The van der Waals surface area contributed by atoms with Crippen molar-refractivity contribution in [2.45, 2.75) is 37.1 Å². The third kappa shape index (κ3) is 4.85. The molecule has 5 nitrogen and oxygen atoms in total. The van der Waals surface area contributed by atoms with Crippen molar-refractivity contribution in [1.82, 2.24) is 14.7 Å². The summed E-state index contributed by atoms with van der Waals surface area (Å²) in [5.74, 6) is -0.111. The van der Waals surface area contributed by atoms with Crippen LogP contribution in [-0.2, 0) is 16.1 Å². The second kappa shape index (κ2) is 9.45.